The molecule has 0 radical (unpaired) electrons. The molecule has 2 heterocycles. The molecule has 9 heteroatoms. The Hall–Kier alpha value is -4.11. The first kappa shape index (κ1) is 27.9. The number of allylic oxidation sites excluding steroid dienone is 1. The number of hydrogen-bond donors (Lipinski definition) is 0. The highest BCUT2D eigenvalue weighted by Crippen LogP contribution is 2.36. The fourth-order valence-corrected chi connectivity index (χ4v) is 5.39. The lowest BCUT2D eigenvalue weighted by molar-refractivity contribution is -0.139. The van der Waals surface area contributed by atoms with E-state index in [1.54, 1.807) is 36.6 Å². The van der Waals surface area contributed by atoms with Crippen molar-refractivity contribution < 1.29 is 23.7 Å². The summed E-state index contributed by atoms with van der Waals surface area (Å²) in [5, 5.41) is 0. The normalized spacial score (nSPS) is 14.9. The number of benzene rings is 2. The van der Waals surface area contributed by atoms with Gasteiger partial charge < -0.3 is 18.9 Å². The molecule has 0 saturated heterocycles. The van der Waals surface area contributed by atoms with Gasteiger partial charge in [0.2, 0.25) is 0 Å². The van der Waals surface area contributed by atoms with Crippen molar-refractivity contribution >= 4 is 23.4 Å². The SMILES string of the molecule is C=CCOc1cccc(C=c2sc3n(c2=O)C(c2ccc(OCC)c(OCC)c2)C(C(=O)OCC)=C(C)N=3)c1. The van der Waals surface area contributed by atoms with E-state index in [1.807, 2.05) is 50.2 Å². The highest BCUT2D eigenvalue weighted by molar-refractivity contribution is 7.07. The first-order valence-electron chi connectivity index (χ1n) is 12.8. The van der Waals surface area contributed by atoms with Crippen molar-refractivity contribution in [3.05, 3.63) is 97.2 Å². The highest BCUT2D eigenvalue weighted by Gasteiger charge is 2.34. The van der Waals surface area contributed by atoms with Gasteiger partial charge in [0, 0.05) is 0 Å². The standard InChI is InChI=1S/C30H32N2O6S/c1-6-15-38-22-12-10-11-20(16-22)17-25-28(33)32-27(21-13-14-23(35-7-2)24(18-21)36-8-3)26(29(34)37-9-4)19(5)31-30(32)39-25/h6,10-14,16-18,27H,1,7-9,15H2,2-5H3. The number of carbonyl (C=O) groups excluding carboxylic acids is 1. The minimum Gasteiger partial charge on any atom is -0.490 e. The molecule has 0 bridgehead atoms. The van der Waals surface area contributed by atoms with E-state index in [1.165, 1.54) is 11.3 Å². The predicted molar refractivity (Wildman–Crippen MR) is 151 cm³/mol. The van der Waals surface area contributed by atoms with Crippen molar-refractivity contribution in [1.82, 2.24) is 4.57 Å². The Morgan fingerprint density at radius 1 is 1.05 bits per heavy atom. The summed E-state index contributed by atoms with van der Waals surface area (Å²) in [5.41, 5.74) is 2.04. The van der Waals surface area contributed by atoms with Crippen LogP contribution in [0.15, 0.2) is 76.2 Å². The van der Waals surface area contributed by atoms with Crippen LogP contribution in [0.3, 0.4) is 0 Å². The molecular weight excluding hydrogens is 516 g/mol. The van der Waals surface area contributed by atoms with Crippen molar-refractivity contribution in [3.8, 4) is 17.2 Å². The second-order valence-electron chi connectivity index (χ2n) is 8.55. The fraction of sp³-hybridized carbons (Fsp3) is 0.300. The number of rotatable bonds is 11. The van der Waals surface area contributed by atoms with E-state index in [4.69, 9.17) is 18.9 Å². The van der Waals surface area contributed by atoms with E-state index in [0.29, 0.717) is 63.2 Å². The number of fused-ring (bicyclic) bond motifs is 1. The van der Waals surface area contributed by atoms with Crippen LogP contribution in [0.4, 0.5) is 0 Å². The number of hydrogen-bond acceptors (Lipinski definition) is 8. The van der Waals surface area contributed by atoms with Crippen LogP contribution in [-0.4, -0.2) is 37.0 Å². The highest BCUT2D eigenvalue weighted by atomic mass is 32.1. The Morgan fingerprint density at radius 2 is 1.82 bits per heavy atom. The van der Waals surface area contributed by atoms with Gasteiger partial charge in [-0.1, -0.05) is 42.2 Å². The zero-order valence-electron chi connectivity index (χ0n) is 22.6. The van der Waals surface area contributed by atoms with Gasteiger partial charge in [-0.3, -0.25) is 9.36 Å². The molecular formula is C30H32N2O6S. The molecule has 8 nitrogen and oxygen atoms in total. The summed E-state index contributed by atoms with van der Waals surface area (Å²) in [4.78, 5) is 32.2. The molecule has 0 spiro atoms. The number of nitrogens with zero attached hydrogens (tertiary/aromatic N) is 2. The number of carbonyl (C=O) groups is 1. The van der Waals surface area contributed by atoms with Gasteiger partial charge in [-0.05, 0) is 69.2 Å². The Bertz CT molecular complexity index is 1580. The smallest absolute Gasteiger partial charge is 0.338 e. The number of thiazole rings is 1. The van der Waals surface area contributed by atoms with E-state index in [2.05, 4.69) is 11.6 Å². The van der Waals surface area contributed by atoms with Crippen LogP contribution in [0.1, 0.15) is 44.9 Å². The maximum Gasteiger partial charge on any atom is 0.338 e. The van der Waals surface area contributed by atoms with Crippen molar-refractivity contribution in [3.63, 3.8) is 0 Å². The number of aromatic nitrogens is 1. The maximum atomic E-state index is 13.9. The molecule has 0 aliphatic carbocycles. The van der Waals surface area contributed by atoms with Crippen molar-refractivity contribution in [2.45, 2.75) is 33.7 Å². The third kappa shape index (κ3) is 5.98. The third-order valence-electron chi connectivity index (χ3n) is 5.92. The zero-order chi connectivity index (χ0) is 27.9. The van der Waals surface area contributed by atoms with E-state index in [0.717, 1.165) is 5.56 Å². The predicted octanol–water partition coefficient (Wildman–Crippen LogP) is 4.16. The molecule has 2 aromatic carbocycles. The van der Waals surface area contributed by atoms with E-state index >= 15 is 0 Å². The first-order chi connectivity index (χ1) is 18.9. The third-order valence-corrected chi connectivity index (χ3v) is 6.91. The number of esters is 1. The number of ether oxygens (including phenoxy) is 4. The Labute approximate surface area is 231 Å². The van der Waals surface area contributed by atoms with Crippen LogP contribution < -0.4 is 29.1 Å². The lowest BCUT2D eigenvalue weighted by atomic mass is 9.95. The van der Waals surface area contributed by atoms with Gasteiger partial charge in [0.25, 0.3) is 5.56 Å². The summed E-state index contributed by atoms with van der Waals surface area (Å²) >= 11 is 1.26. The van der Waals surface area contributed by atoms with Crippen molar-refractivity contribution in [2.75, 3.05) is 26.4 Å². The fourth-order valence-electron chi connectivity index (χ4n) is 4.35. The second kappa shape index (κ2) is 12.6. The second-order valence-corrected chi connectivity index (χ2v) is 9.56. The Morgan fingerprint density at radius 3 is 2.54 bits per heavy atom. The topological polar surface area (TPSA) is 88.3 Å². The largest absolute Gasteiger partial charge is 0.490 e. The zero-order valence-corrected chi connectivity index (χ0v) is 23.4. The van der Waals surface area contributed by atoms with Crippen LogP contribution in [0.25, 0.3) is 6.08 Å². The van der Waals surface area contributed by atoms with Gasteiger partial charge in [-0.25, -0.2) is 9.79 Å². The van der Waals surface area contributed by atoms with Gasteiger partial charge >= 0.3 is 5.97 Å². The summed E-state index contributed by atoms with van der Waals surface area (Å²) in [7, 11) is 0. The van der Waals surface area contributed by atoms with E-state index in [9.17, 15) is 9.59 Å². The van der Waals surface area contributed by atoms with Crippen LogP contribution >= 0.6 is 11.3 Å². The van der Waals surface area contributed by atoms with Crippen LogP contribution in [0.5, 0.6) is 17.2 Å². The lowest BCUT2D eigenvalue weighted by Gasteiger charge is -2.25. The molecule has 0 N–H and O–H groups in total. The Balaban J connectivity index is 1.90. The molecule has 204 valence electrons. The molecule has 1 atom stereocenters. The summed E-state index contributed by atoms with van der Waals surface area (Å²) in [5.74, 6) is 1.28. The summed E-state index contributed by atoms with van der Waals surface area (Å²) in [6.45, 7) is 12.4. The summed E-state index contributed by atoms with van der Waals surface area (Å²) < 4.78 is 24.6. The molecule has 3 aromatic rings. The lowest BCUT2D eigenvalue weighted by Crippen LogP contribution is -2.40. The molecule has 0 amide bonds. The quantitative estimate of drug-likeness (QED) is 0.264. The van der Waals surface area contributed by atoms with Gasteiger partial charge in [0.05, 0.1) is 41.7 Å². The monoisotopic (exact) mass is 548 g/mol. The van der Waals surface area contributed by atoms with Gasteiger partial charge in [-0.15, -0.1) is 0 Å². The van der Waals surface area contributed by atoms with Crippen LogP contribution in [-0.2, 0) is 9.53 Å². The van der Waals surface area contributed by atoms with Gasteiger partial charge in [-0.2, -0.15) is 0 Å². The average Bonchev–Trinajstić information content (AvgIpc) is 3.22. The Kier molecular flexibility index (Phi) is 9.03. The first-order valence-corrected chi connectivity index (χ1v) is 13.7. The minimum absolute atomic E-state index is 0.199. The minimum atomic E-state index is -0.750. The molecule has 1 aromatic heterocycles. The summed E-state index contributed by atoms with van der Waals surface area (Å²) in [6, 6.07) is 12.2. The van der Waals surface area contributed by atoms with Crippen molar-refractivity contribution in [2.24, 2.45) is 4.99 Å². The van der Waals surface area contributed by atoms with Gasteiger partial charge in [0.15, 0.2) is 16.3 Å². The van der Waals surface area contributed by atoms with Gasteiger partial charge in [0.1, 0.15) is 12.4 Å². The molecule has 0 fully saturated rings. The van der Waals surface area contributed by atoms with Crippen LogP contribution in [0.2, 0.25) is 0 Å². The molecule has 0 saturated carbocycles. The van der Waals surface area contributed by atoms with Crippen LogP contribution in [0, 0.1) is 0 Å². The van der Waals surface area contributed by atoms with Crippen molar-refractivity contribution in [1.29, 1.82) is 0 Å². The molecule has 4 rings (SSSR count). The molecule has 1 aliphatic rings. The molecule has 39 heavy (non-hydrogen) atoms. The molecule has 1 aliphatic heterocycles. The summed E-state index contributed by atoms with van der Waals surface area (Å²) in [6.07, 6.45) is 3.47. The maximum absolute atomic E-state index is 13.9. The average molecular weight is 549 g/mol. The molecule has 1 unspecified atom stereocenters. The van der Waals surface area contributed by atoms with E-state index in [-0.39, 0.29) is 12.2 Å². The van der Waals surface area contributed by atoms with E-state index < -0.39 is 12.0 Å².